The lowest BCUT2D eigenvalue weighted by Gasteiger charge is -2.08. The summed E-state index contributed by atoms with van der Waals surface area (Å²) >= 11 is 8.20. The minimum absolute atomic E-state index is 0.205. The van der Waals surface area contributed by atoms with Gasteiger partial charge in [-0.25, -0.2) is 0 Å². The molecule has 0 unspecified atom stereocenters. The zero-order chi connectivity index (χ0) is 14.5. The van der Waals surface area contributed by atoms with Crippen LogP contribution < -0.4 is 10.6 Å². The Bertz CT molecular complexity index is 622. The molecule has 1 aromatic heterocycles. The van der Waals surface area contributed by atoms with E-state index in [4.69, 9.17) is 16.6 Å². The van der Waals surface area contributed by atoms with Crippen molar-refractivity contribution in [2.45, 2.75) is 13.5 Å². The number of hydrogen-bond acceptors (Lipinski definition) is 3. The third-order valence-electron chi connectivity index (χ3n) is 2.60. The van der Waals surface area contributed by atoms with E-state index < -0.39 is 0 Å². The number of nitrogens with one attached hydrogen (secondary N) is 2. The average Bonchev–Trinajstić information content (AvgIpc) is 2.85. The number of furan rings is 1. The van der Waals surface area contributed by atoms with Crippen LogP contribution >= 0.6 is 28.1 Å². The molecule has 0 aliphatic rings. The predicted molar refractivity (Wildman–Crippen MR) is 84.5 cm³/mol. The van der Waals surface area contributed by atoms with Gasteiger partial charge in [0.25, 0.3) is 5.91 Å². The number of halogens is 1. The molecule has 2 N–H and O–H groups in total. The molecule has 0 aliphatic heterocycles. The van der Waals surface area contributed by atoms with Crippen molar-refractivity contribution in [3.63, 3.8) is 0 Å². The van der Waals surface area contributed by atoms with E-state index in [2.05, 4.69) is 26.6 Å². The van der Waals surface area contributed by atoms with Gasteiger partial charge < -0.3 is 9.73 Å². The third-order valence-corrected chi connectivity index (χ3v) is 3.27. The molecule has 1 amide bonds. The predicted octanol–water partition coefficient (Wildman–Crippen LogP) is 3.16. The number of hydrogen-bond donors (Lipinski definition) is 2. The van der Waals surface area contributed by atoms with E-state index in [9.17, 15) is 4.79 Å². The zero-order valence-electron chi connectivity index (χ0n) is 10.8. The summed E-state index contributed by atoms with van der Waals surface area (Å²) in [5, 5.41) is 5.80. The van der Waals surface area contributed by atoms with Gasteiger partial charge >= 0.3 is 0 Å². The highest BCUT2D eigenvalue weighted by molar-refractivity contribution is 9.10. The number of thiocarbonyl (C=S) groups is 1. The molecule has 0 atom stereocenters. The molecule has 1 aromatic carbocycles. The van der Waals surface area contributed by atoms with Gasteiger partial charge in [-0.2, -0.15) is 0 Å². The molecule has 0 saturated carbocycles. The molecule has 20 heavy (non-hydrogen) atoms. The highest BCUT2D eigenvalue weighted by atomic mass is 79.9. The average molecular weight is 353 g/mol. The topological polar surface area (TPSA) is 54.3 Å². The number of carbonyl (C=O) groups excluding carboxylic acids is 1. The van der Waals surface area contributed by atoms with E-state index in [1.54, 1.807) is 12.1 Å². The van der Waals surface area contributed by atoms with Crippen molar-refractivity contribution in [1.29, 1.82) is 0 Å². The van der Waals surface area contributed by atoms with Crippen LogP contribution in [-0.2, 0) is 6.54 Å². The Morgan fingerprint density at radius 3 is 2.55 bits per heavy atom. The molecular weight excluding hydrogens is 340 g/mol. The molecule has 2 aromatic rings. The lowest BCUT2D eigenvalue weighted by atomic mass is 10.1. The van der Waals surface area contributed by atoms with E-state index in [-0.39, 0.29) is 16.8 Å². The van der Waals surface area contributed by atoms with Crippen molar-refractivity contribution in [3.8, 4) is 0 Å². The molecule has 1 heterocycles. The molecule has 6 heteroatoms. The van der Waals surface area contributed by atoms with Crippen LogP contribution in [0.1, 0.15) is 21.7 Å². The molecule has 104 valence electrons. The van der Waals surface area contributed by atoms with Crippen molar-refractivity contribution >= 4 is 39.2 Å². The fourth-order valence-corrected chi connectivity index (χ4v) is 2.00. The van der Waals surface area contributed by atoms with Crippen molar-refractivity contribution in [2.24, 2.45) is 0 Å². The summed E-state index contributed by atoms with van der Waals surface area (Å²) in [7, 11) is 0. The zero-order valence-corrected chi connectivity index (χ0v) is 13.2. The highest BCUT2D eigenvalue weighted by Crippen LogP contribution is 2.13. The fourth-order valence-electron chi connectivity index (χ4n) is 1.53. The molecule has 2 rings (SSSR count). The van der Waals surface area contributed by atoms with Crippen LogP contribution in [0.3, 0.4) is 0 Å². The second-order valence-electron chi connectivity index (χ2n) is 4.23. The summed E-state index contributed by atoms with van der Waals surface area (Å²) in [4.78, 5) is 11.8. The Kier molecular flexibility index (Phi) is 4.92. The lowest BCUT2D eigenvalue weighted by molar-refractivity contribution is 0.0948. The van der Waals surface area contributed by atoms with Gasteiger partial charge in [0.1, 0.15) is 0 Å². The summed E-state index contributed by atoms with van der Waals surface area (Å²) < 4.78 is 5.64. The smallest absolute Gasteiger partial charge is 0.293 e. The molecule has 0 fully saturated rings. The van der Waals surface area contributed by atoms with Crippen LogP contribution in [0.2, 0.25) is 0 Å². The van der Waals surface area contributed by atoms with Gasteiger partial charge in [0.15, 0.2) is 15.5 Å². The van der Waals surface area contributed by atoms with Crippen molar-refractivity contribution in [2.75, 3.05) is 0 Å². The molecule has 0 radical (unpaired) electrons. The van der Waals surface area contributed by atoms with Gasteiger partial charge in [-0.3, -0.25) is 10.1 Å². The monoisotopic (exact) mass is 352 g/mol. The van der Waals surface area contributed by atoms with Gasteiger partial charge in [0, 0.05) is 6.54 Å². The second kappa shape index (κ2) is 6.67. The van der Waals surface area contributed by atoms with Gasteiger partial charge in [0.05, 0.1) is 0 Å². The maximum Gasteiger partial charge on any atom is 0.293 e. The highest BCUT2D eigenvalue weighted by Gasteiger charge is 2.11. The van der Waals surface area contributed by atoms with Crippen LogP contribution in [-0.4, -0.2) is 11.0 Å². The van der Waals surface area contributed by atoms with Crippen LogP contribution in [0.25, 0.3) is 0 Å². The Labute approximate surface area is 130 Å². The number of carbonyl (C=O) groups is 1. The SMILES string of the molecule is Cc1ccc(CNC(=S)NC(=O)c2ccc(Br)o2)cc1. The largest absolute Gasteiger partial charge is 0.444 e. The Hall–Kier alpha value is -1.66. The van der Waals surface area contributed by atoms with E-state index in [0.717, 1.165) is 5.56 Å². The van der Waals surface area contributed by atoms with Crippen molar-refractivity contribution in [3.05, 3.63) is 58.0 Å². The summed E-state index contributed by atoms with van der Waals surface area (Å²) in [6.07, 6.45) is 0. The molecule has 0 spiro atoms. The van der Waals surface area contributed by atoms with Crippen LogP contribution in [0.15, 0.2) is 45.5 Å². The molecule has 0 aliphatic carbocycles. The van der Waals surface area contributed by atoms with Crippen molar-refractivity contribution in [1.82, 2.24) is 10.6 Å². The first-order valence-electron chi connectivity index (χ1n) is 5.94. The third kappa shape index (κ3) is 4.18. The number of rotatable bonds is 3. The van der Waals surface area contributed by atoms with Crippen LogP contribution in [0.5, 0.6) is 0 Å². The molecule has 0 bridgehead atoms. The summed E-state index contributed by atoms with van der Waals surface area (Å²) in [6.45, 7) is 2.59. The number of amides is 1. The Morgan fingerprint density at radius 1 is 1.25 bits per heavy atom. The standard InChI is InChI=1S/C14H13BrN2O2S/c1-9-2-4-10(5-3-9)8-16-14(20)17-13(18)11-6-7-12(15)19-11/h2-7H,8H2,1H3,(H2,16,17,18,20). The maximum absolute atomic E-state index is 11.8. The summed E-state index contributed by atoms with van der Waals surface area (Å²) in [6, 6.07) is 11.3. The minimum Gasteiger partial charge on any atom is -0.444 e. The maximum atomic E-state index is 11.8. The Morgan fingerprint density at radius 2 is 1.95 bits per heavy atom. The Balaban J connectivity index is 1.83. The first kappa shape index (κ1) is 14.7. The molecule has 0 saturated heterocycles. The molecular formula is C14H13BrN2O2S. The van der Waals surface area contributed by atoms with E-state index in [0.29, 0.717) is 11.2 Å². The van der Waals surface area contributed by atoms with E-state index >= 15 is 0 Å². The minimum atomic E-state index is -0.378. The van der Waals surface area contributed by atoms with Crippen LogP contribution in [0, 0.1) is 6.92 Å². The summed E-state index contributed by atoms with van der Waals surface area (Å²) in [5.74, 6) is -0.173. The summed E-state index contributed by atoms with van der Waals surface area (Å²) in [5.41, 5.74) is 2.29. The normalized spacial score (nSPS) is 10.1. The quantitative estimate of drug-likeness (QED) is 0.833. The van der Waals surface area contributed by atoms with E-state index in [1.807, 2.05) is 31.2 Å². The first-order valence-corrected chi connectivity index (χ1v) is 7.15. The lowest BCUT2D eigenvalue weighted by Crippen LogP contribution is -2.38. The van der Waals surface area contributed by atoms with Crippen molar-refractivity contribution < 1.29 is 9.21 Å². The number of benzene rings is 1. The van der Waals surface area contributed by atoms with Gasteiger partial charge in [-0.1, -0.05) is 29.8 Å². The van der Waals surface area contributed by atoms with E-state index in [1.165, 1.54) is 5.56 Å². The van der Waals surface area contributed by atoms with Gasteiger partial charge in [0.2, 0.25) is 0 Å². The molecule has 4 nitrogen and oxygen atoms in total. The number of aryl methyl sites for hydroxylation is 1. The fraction of sp³-hybridized carbons (Fsp3) is 0.143. The van der Waals surface area contributed by atoms with Gasteiger partial charge in [-0.05, 0) is 52.8 Å². The first-order chi connectivity index (χ1) is 9.54. The van der Waals surface area contributed by atoms with Crippen LogP contribution in [0.4, 0.5) is 0 Å². The van der Waals surface area contributed by atoms with Gasteiger partial charge in [-0.15, -0.1) is 0 Å². The second-order valence-corrected chi connectivity index (χ2v) is 5.42.